The third-order valence-electron chi connectivity index (χ3n) is 17.4. The van der Waals surface area contributed by atoms with Crippen LogP contribution in [0.5, 0.6) is 0 Å². The summed E-state index contributed by atoms with van der Waals surface area (Å²) in [6.07, 6.45) is 0. The molecule has 4 heterocycles. The quantitative estimate of drug-likeness (QED) is 0.152. The van der Waals surface area contributed by atoms with Crippen molar-refractivity contribution in [1.82, 2.24) is 9.13 Å². The van der Waals surface area contributed by atoms with E-state index in [0.717, 1.165) is 111 Å². The molecule has 0 N–H and O–H groups in total. The number of para-hydroxylation sites is 4. The largest absolute Gasteiger partial charge is 0.456 e. The van der Waals surface area contributed by atoms with Gasteiger partial charge in [0.1, 0.15) is 22.3 Å². The molecule has 0 saturated heterocycles. The maximum absolute atomic E-state index is 6.88. The molecule has 392 valence electrons. The Balaban J connectivity index is 0.760. The molecule has 0 aliphatic rings. The Morgan fingerprint density at radius 1 is 0.226 bits per heavy atom. The van der Waals surface area contributed by atoms with Gasteiger partial charge in [0.25, 0.3) is 0 Å². The van der Waals surface area contributed by atoms with E-state index in [1.54, 1.807) is 0 Å². The molecule has 6 heteroatoms. The summed E-state index contributed by atoms with van der Waals surface area (Å²) in [6.45, 7) is 0. The predicted molar refractivity (Wildman–Crippen MR) is 352 cm³/mol. The number of rotatable bonds is 8. The molecule has 18 rings (SSSR count). The average Bonchev–Trinajstić information content (AvgIpc) is 2.51. The lowest BCUT2D eigenvalue weighted by Crippen LogP contribution is -2.09. The molecule has 0 aliphatic heterocycles. The number of aromatic nitrogens is 2. The molecule has 0 saturated carbocycles. The van der Waals surface area contributed by atoms with Crippen molar-refractivity contribution in [1.29, 1.82) is 0 Å². The number of benzene rings is 14. The van der Waals surface area contributed by atoms with Gasteiger partial charge in [-0.05, 0) is 155 Å². The van der Waals surface area contributed by atoms with E-state index >= 15 is 0 Å². The zero-order chi connectivity index (χ0) is 55.0. The maximum atomic E-state index is 6.88. The smallest absolute Gasteiger partial charge is 0.137 e. The fourth-order valence-corrected chi connectivity index (χ4v) is 13.8. The Hall–Kier alpha value is -11.3. The van der Waals surface area contributed by atoms with E-state index in [1.165, 1.54) is 54.1 Å². The maximum Gasteiger partial charge on any atom is 0.137 e. The van der Waals surface area contributed by atoms with Crippen molar-refractivity contribution < 1.29 is 8.83 Å². The van der Waals surface area contributed by atoms with Crippen molar-refractivity contribution in [3.8, 4) is 11.4 Å². The minimum absolute atomic E-state index is 0.822. The number of hydrogen-bond donors (Lipinski definition) is 0. The summed E-state index contributed by atoms with van der Waals surface area (Å²) in [4.78, 5) is 4.69. The highest BCUT2D eigenvalue weighted by atomic mass is 16.3. The molecule has 0 spiro atoms. The van der Waals surface area contributed by atoms with Crippen molar-refractivity contribution in [3.63, 3.8) is 0 Å². The van der Waals surface area contributed by atoms with Gasteiger partial charge in [0.05, 0.1) is 22.1 Å². The van der Waals surface area contributed by atoms with Gasteiger partial charge in [0.2, 0.25) is 0 Å². The minimum atomic E-state index is 0.822. The van der Waals surface area contributed by atoms with Crippen LogP contribution in [-0.4, -0.2) is 9.13 Å². The van der Waals surface area contributed by atoms with Gasteiger partial charge in [-0.1, -0.05) is 146 Å². The minimum Gasteiger partial charge on any atom is -0.456 e. The second-order valence-corrected chi connectivity index (χ2v) is 22.0. The normalized spacial score (nSPS) is 12.0. The molecule has 0 atom stereocenters. The first kappa shape index (κ1) is 46.4. The molecule has 18 aromatic rings. The van der Waals surface area contributed by atoms with Crippen molar-refractivity contribution in [2.24, 2.45) is 0 Å². The summed E-state index contributed by atoms with van der Waals surface area (Å²) < 4.78 is 18.6. The highest BCUT2D eigenvalue weighted by Crippen LogP contribution is 2.47. The number of nitrogens with zero attached hydrogens (tertiary/aromatic N) is 4. The highest BCUT2D eigenvalue weighted by molar-refractivity contribution is 6.28. The molecule has 0 unspecified atom stereocenters. The van der Waals surface area contributed by atoms with E-state index in [0.29, 0.717) is 0 Å². The molecule has 0 fully saturated rings. The molecule has 0 radical (unpaired) electrons. The zero-order valence-electron chi connectivity index (χ0n) is 45.3. The Bertz CT molecular complexity index is 5330. The zero-order valence-corrected chi connectivity index (χ0v) is 45.3. The van der Waals surface area contributed by atoms with Crippen LogP contribution in [0.3, 0.4) is 0 Å². The molecule has 6 nitrogen and oxygen atoms in total. The van der Waals surface area contributed by atoms with Crippen LogP contribution in [0.25, 0.3) is 131 Å². The SMILES string of the molecule is c1ccc(N(c2ccc3c(c2)oc2ccc4c(ccc5oc6cc(N(c7ccccc7)c7ccc8c(c7)c7ccc9ccccc9c7n8-c7ccccc7)ccc6c54)c23)c2ccc3c(c2)c2ccc4ccccc4c2n3-c2ccccc2)cc1. The van der Waals surface area contributed by atoms with Crippen LogP contribution < -0.4 is 9.80 Å². The standard InChI is InChI=1S/C78H48N4O2/c1-5-19-51(20-6-1)79(55-33-41-69-67(45-55)63-35-29-49-17-13-15-27-59(49)77(63)81(69)53-23-9-3-10-24-53)57-31-37-65-73(47-57)83-71-43-39-62-61(75(65)71)40-44-72-76(62)66-38-32-58(48-74(66)84-72)80(52-21-7-2-8-22-52)56-34-42-70-68(46-56)64-36-30-50-18-14-16-28-60(50)78(64)82(70)54-25-11-4-12-26-54/h1-48H. The second-order valence-electron chi connectivity index (χ2n) is 22.0. The van der Waals surface area contributed by atoms with E-state index in [2.05, 4.69) is 310 Å². The second kappa shape index (κ2) is 18.1. The van der Waals surface area contributed by atoms with Crippen molar-refractivity contribution in [2.45, 2.75) is 0 Å². The lowest BCUT2D eigenvalue weighted by molar-refractivity contribution is 0.668. The van der Waals surface area contributed by atoms with Gasteiger partial charge in [-0.15, -0.1) is 0 Å². The Morgan fingerprint density at radius 2 is 0.583 bits per heavy atom. The van der Waals surface area contributed by atoms with E-state index in [-0.39, 0.29) is 0 Å². The van der Waals surface area contributed by atoms with Gasteiger partial charge in [-0.3, -0.25) is 0 Å². The lowest BCUT2D eigenvalue weighted by atomic mass is 9.99. The monoisotopic (exact) mass is 1070 g/mol. The predicted octanol–water partition coefficient (Wildman–Crippen LogP) is 22.1. The van der Waals surface area contributed by atoms with Gasteiger partial charge in [-0.25, -0.2) is 0 Å². The fraction of sp³-hybridized carbons (Fsp3) is 0. The van der Waals surface area contributed by atoms with Crippen LogP contribution >= 0.6 is 0 Å². The van der Waals surface area contributed by atoms with E-state index in [1.807, 2.05) is 0 Å². The van der Waals surface area contributed by atoms with Crippen LogP contribution in [-0.2, 0) is 0 Å². The number of furan rings is 2. The van der Waals surface area contributed by atoms with E-state index in [9.17, 15) is 0 Å². The van der Waals surface area contributed by atoms with Crippen molar-refractivity contribution in [2.75, 3.05) is 9.80 Å². The Labute approximate surface area is 481 Å². The Kier molecular flexibility index (Phi) is 9.99. The number of anilines is 6. The van der Waals surface area contributed by atoms with Crippen LogP contribution in [0.15, 0.2) is 300 Å². The third kappa shape index (κ3) is 6.92. The summed E-state index contributed by atoms with van der Waals surface area (Å²) >= 11 is 0. The van der Waals surface area contributed by atoms with Crippen molar-refractivity contribution in [3.05, 3.63) is 291 Å². The first-order valence-corrected chi connectivity index (χ1v) is 28.6. The summed E-state index contributed by atoms with van der Waals surface area (Å²) in [6, 6.07) is 105. The van der Waals surface area contributed by atoms with E-state index < -0.39 is 0 Å². The van der Waals surface area contributed by atoms with Crippen LogP contribution in [0.2, 0.25) is 0 Å². The topological polar surface area (TPSA) is 42.6 Å². The molecular formula is C78H48N4O2. The van der Waals surface area contributed by atoms with Gasteiger partial charge in [0.15, 0.2) is 0 Å². The summed E-state index contributed by atoms with van der Waals surface area (Å²) in [7, 11) is 0. The van der Waals surface area contributed by atoms with E-state index in [4.69, 9.17) is 8.83 Å². The molecule has 0 aliphatic carbocycles. The van der Waals surface area contributed by atoms with Crippen LogP contribution in [0, 0.1) is 0 Å². The van der Waals surface area contributed by atoms with Gasteiger partial charge in [0, 0.05) is 111 Å². The van der Waals surface area contributed by atoms with Crippen LogP contribution in [0.1, 0.15) is 0 Å². The molecule has 0 bridgehead atoms. The first-order chi connectivity index (χ1) is 41.7. The van der Waals surface area contributed by atoms with Crippen molar-refractivity contribution >= 4 is 154 Å². The van der Waals surface area contributed by atoms with Gasteiger partial charge in [-0.2, -0.15) is 0 Å². The summed E-state index contributed by atoms with van der Waals surface area (Å²) in [5.74, 6) is 0. The average molecular weight is 1070 g/mol. The fourth-order valence-electron chi connectivity index (χ4n) is 13.8. The Morgan fingerprint density at radius 3 is 1.02 bits per heavy atom. The summed E-state index contributed by atoms with van der Waals surface area (Å²) in [5, 5.41) is 16.2. The number of fused-ring (bicyclic) bond motifs is 19. The molecular weight excluding hydrogens is 1020 g/mol. The van der Waals surface area contributed by atoms with Gasteiger partial charge >= 0.3 is 0 Å². The first-order valence-electron chi connectivity index (χ1n) is 28.6. The lowest BCUT2D eigenvalue weighted by Gasteiger charge is -2.25. The highest BCUT2D eigenvalue weighted by Gasteiger charge is 2.24. The molecule has 4 aromatic heterocycles. The molecule has 0 amide bonds. The molecule has 14 aromatic carbocycles. The number of hydrogen-bond acceptors (Lipinski definition) is 4. The summed E-state index contributed by atoms with van der Waals surface area (Å²) in [5.41, 5.74) is 16.6. The molecule has 84 heavy (non-hydrogen) atoms. The van der Waals surface area contributed by atoms with Crippen LogP contribution in [0.4, 0.5) is 34.1 Å². The third-order valence-corrected chi connectivity index (χ3v) is 17.4. The van der Waals surface area contributed by atoms with Gasteiger partial charge < -0.3 is 27.8 Å².